The van der Waals surface area contributed by atoms with Gasteiger partial charge in [-0.1, -0.05) is 329 Å². The van der Waals surface area contributed by atoms with Crippen LogP contribution in [0.4, 0.5) is 0 Å². The summed E-state index contributed by atoms with van der Waals surface area (Å²) in [6.45, 7) is 2.48. The molecule has 584 valence electrons. The van der Waals surface area contributed by atoms with E-state index in [1.165, 1.54) is 141 Å². The lowest BCUT2D eigenvalue weighted by Crippen LogP contribution is -2.30. The summed E-state index contributed by atoms with van der Waals surface area (Å²) < 4.78 is 61.2. The van der Waals surface area contributed by atoms with Crippen LogP contribution >= 0.6 is 15.6 Å². The van der Waals surface area contributed by atoms with Crippen molar-refractivity contribution in [2.45, 2.75) is 360 Å². The zero-order chi connectivity index (χ0) is 73.7. The molecule has 5 atom stereocenters. The Morgan fingerprint density at radius 2 is 0.525 bits per heavy atom. The molecule has 16 nitrogen and oxygen atoms in total. The van der Waals surface area contributed by atoms with Crippen molar-refractivity contribution in [2.75, 3.05) is 39.6 Å². The molecule has 0 aliphatic carbocycles. The highest BCUT2D eigenvalue weighted by Gasteiger charge is 2.29. The number of allylic oxidation sites excluding steroid dienone is 18. The fourth-order valence-electron chi connectivity index (χ4n) is 10.9. The highest BCUT2D eigenvalue weighted by Crippen LogP contribution is 2.45. The third-order valence-corrected chi connectivity index (χ3v) is 18.9. The number of phosphoric ester groups is 2. The van der Waals surface area contributed by atoms with Crippen LogP contribution in [0.25, 0.3) is 0 Å². The highest BCUT2D eigenvalue weighted by molar-refractivity contribution is 7.47. The van der Waals surface area contributed by atoms with E-state index in [9.17, 15) is 43.5 Å². The van der Waals surface area contributed by atoms with Crippen molar-refractivity contribution in [1.82, 2.24) is 0 Å². The monoisotopic (exact) mass is 1460 g/mol. The second-order valence-corrected chi connectivity index (χ2v) is 29.7. The van der Waals surface area contributed by atoms with Crippen LogP contribution in [0.5, 0.6) is 0 Å². The number of carbonyl (C=O) groups is 3. The molecule has 0 aliphatic heterocycles. The molecule has 0 spiro atoms. The van der Waals surface area contributed by atoms with Gasteiger partial charge in [0.25, 0.3) is 0 Å². The largest absolute Gasteiger partial charge is 0.472 e. The fourth-order valence-corrected chi connectivity index (χ4v) is 12.5. The molecule has 0 radical (unpaired) electrons. The number of carbonyl (C=O) groups excluding carboxylic acids is 3. The average molecular weight is 1460 g/mol. The van der Waals surface area contributed by atoms with Gasteiger partial charge in [0, 0.05) is 19.3 Å². The van der Waals surface area contributed by atoms with Gasteiger partial charge in [-0.2, -0.15) is 0 Å². The van der Waals surface area contributed by atoms with Gasteiger partial charge in [0.2, 0.25) is 0 Å². The van der Waals surface area contributed by atoms with Crippen molar-refractivity contribution in [3.8, 4) is 0 Å². The van der Waals surface area contributed by atoms with E-state index in [2.05, 4.69) is 130 Å². The molecule has 0 aliphatic rings. The maximum Gasteiger partial charge on any atom is 0.472 e. The van der Waals surface area contributed by atoms with Gasteiger partial charge in [-0.3, -0.25) is 32.5 Å². The van der Waals surface area contributed by atoms with Crippen LogP contribution in [0.3, 0.4) is 0 Å². The van der Waals surface area contributed by atoms with Gasteiger partial charge in [0.15, 0.2) is 6.10 Å². The molecule has 0 aromatic carbocycles. The molecule has 0 heterocycles. The topological polar surface area (TPSA) is 231 Å². The van der Waals surface area contributed by atoms with E-state index in [4.69, 9.17) is 32.3 Å². The molecule has 0 saturated carbocycles. The molecule has 0 bridgehead atoms. The Bertz CT molecular complexity index is 2270. The van der Waals surface area contributed by atoms with Gasteiger partial charge < -0.3 is 34.2 Å². The van der Waals surface area contributed by atoms with E-state index in [0.29, 0.717) is 19.3 Å². The highest BCUT2D eigenvalue weighted by atomic mass is 31.2. The SMILES string of the molecule is CC/C=C\C/C=C\C/C=C\C/C=C\C/C=C\CCCCCCCCCCCCCCCCCC(=O)OCC(O)COP(=O)(O)OCC(O)COP(=O)(O)OCC(COC(=O)CCCCCCCC/C=C\C/C=C\C/C=C\C/C=C\CC)OC(=O)CCCCCCCCCCCCCCCCC. The first-order valence-corrected chi connectivity index (χ1v) is 43.2. The molecule has 5 unspecified atom stereocenters. The Morgan fingerprint density at radius 3 is 0.832 bits per heavy atom. The molecule has 101 heavy (non-hydrogen) atoms. The summed E-state index contributed by atoms with van der Waals surface area (Å²) >= 11 is 0. The number of phosphoric acid groups is 2. The number of hydrogen-bond acceptors (Lipinski definition) is 14. The summed E-state index contributed by atoms with van der Waals surface area (Å²) in [7, 11) is -9.78. The summed E-state index contributed by atoms with van der Waals surface area (Å²) in [5.41, 5.74) is 0. The number of rotatable bonds is 76. The van der Waals surface area contributed by atoms with Crippen molar-refractivity contribution < 1.29 is 75.8 Å². The first-order valence-electron chi connectivity index (χ1n) is 40.2. The summed E-state index contributed by atoms with van der Waals surface area (Å²) in [4.78, 5) is 58.6. The van der Waals surface area contributed by atoms with Crippen molar-refractivity contribution >= 4 is 33.6 Å². The predicted molar refractivity (Wildman–Crippen MR) is 417 cm³/mol. The standard InChI is InChI=1S/C83H146O16P2/c1-4-7-10-13-16-19-22-25-28-30-32-33-34-35-36-37-38-39-40-41-42-43-45-47-49-51-54-57-60-63-66-69-81(86)93-72-78(84)73-95-100(89,90)96-74-79(85)75-97-101(91,92)98-77-80(99-83(88)71-68-65-62-59-56-53-48-27-24-21-18-15-12-9-6-3)76-94-82(87)70-67-64-61-58-55-52-50-46-44-31-29-26-23-20-17-14-11-8-5-2/h7-8,10-11,16-17,19-20,25-26,28-29,32-33,35-36,44,46,78-80,84-85H,4-6,9,12-15,18,21-24,27,30-31,34,37-43,45,47-77H2,1-3H3,(H,89,90)(H,91,92)/b10-7-,11-8-,19-16-,20-17-,28-25-,29-26-,33-32-,36-35-,46-44-. The molecular weight excluding hydrogens is 1310 g/mol. The quantitative estimate of drug-likeness (QED) is 0.0146. The maximum absolute atomic E-state index is 13.0. The molecule has 0 fully saturated rings. The van der Waals surface area contributed by atoms with Gasteiger partial charge in [-0.15, -0.1) is 0 Å². The normalized spacial score (nSPS) is 14.6. The Morgan fingerprint density at radius 1 is 0.287 bits per heavy atom. The maximum atomic E-state index is 13.0. The lowest BCUT2D eigenvalue weighted by atomic mass is 10.0. The van der Waals surface area contributed by atoms with Crippen molar-refractivity contribution in [3.63, 3.8) is 0 Å². The zero-order valence-electron chi connectivity index (χ0n) is 63.8. The predicted octanol–water partition coefficient (Wildman–Crippen LogP) is 23.5. The Labute approximate surface area is 615 Å². The van der Waals surface area contributed by atoms with Crippen molar-refractivity contribution in [2.24, 2.45) is 0 Å². The molecule has 0 aromatic heterocycles. The number of hydrogen-bond donors (Lipinski definition) is 4. The molecule has 0 amide bonds. The first kappa shape index (κ1) is 97.2. The summed E-state index contributed by atoms with van der Waals surface area (Å²) in [6.07, 6.45) is 88.5. The second kappa shape index (κ2) is 75.9. The van der Waals surface area contributed by atoms with Gasteiger partial charge in [-0.05, 0) is 103 Å². The smallest absolute Gasteiger partial charge is 0.463 e. The minimum absolute atomic E-state index is 0.105. The number of aliphatic hydroxyl groups is 2. The van der Waals surface area contributed by atoms with E-state index in [-0.39, 0.29) is 19.3 Å². The minimum Gasteiger partial charge on any atom is -0.463 e. The number of esters is 3. The van der Waals surface area contributed by atoms with Gasteiger partial charge >= 0.3 is 33.6 Å². The van der Waals surface area contributed by atoms with Gasteiger partial charge in [0.1, 0.15) is 25.4 Å². The Balaban J connectivity index is 4.46. The lowest BCUT2D eigenvalue weighted by Gasteiger charge is -2.21. The molecule has 4 N–H and O–H groups in total. The van der Waals surface area contributed by atoms with Crippen LogP contribution in [0.1, 0.15) is 342 Å². The summed E-state index contributed by atoms with van der Waals surface area (Å²) in [5.74, 6) is -1.58. The second-order valence-electron chi connectivity index (χ2n) is 26.8. The van der Waals surface area contributed by atoms with Gasteiger partial charge in [-0.25, -0.2) is 9.13 Å². The van der Waals surface area contributed by atoms with Crippen molar-refractivity contribution in [1.29, 1.82) is 0 Å². The van der Waals surface area contributed by atoms with E-state index in [1.807, 2.05) is 0 Å². The van der Waals surface area contributed by atoms with Crippen LogP contribution in [0.15, 0.2) is 109 Å². The van der Waals surface area contributed by atoms with Crippen LogP contribution in [-0.4, -0.2) is 95.9 Å². The van der Waals surface area contributed by atoms with Crippen LogP contribution in [0.2, 0.25) is 0 Å². The molecule has 0 aromatic rings. The first-order chi connectivity index (χ1) is 49.2. The number of aliphatic hydroxyl groups excluding tert-OH is 2. The minimum atomic E-state index is -4.93. The van der Waals surface area contributed by atoms with Crippen LogP contribution in [0, 0.1) is 0 Å². The van der Waals surface area contributed by atoms with Crippen LogP contribution in [-0.2, 0) is 55.8 Å². The lowest BCUT2D eigenvalue weighted by molar-refractivity contribution is -0.161. The number of unbranched alkanes of at least 4 members (excludes halogenated alkanes) is 35. The van der Waals surface area contributed by atoms with Crippen LogP contribution < -0.4 is 0 Å². The third kappa shape index (κ3) is 77.1. The molecule has 0 saturated heterocycles. The zero-order valence-corrected chi connectivity index (χ0v) is 65.6. The summed E-state index contributed by atoms with van der Waals surface area (Å²) in [6, 6.07) is 0. The molecule has 18 heteroatoms. The van der Waals surface area contributed by atoms with E-state index in [1.54, 1.807) is 0 Å². The molecule has 0 rings (SSSR count). The number of ether oxygens (including phenoxy) is 3. The fraction of sp³-hybridized carbons (Fsp3) is 0.747. The Kier molecular flexibility index (Phi) is 73.0. The van der Waals surface area contributed by atoms with E-state index < -0.39 is 91.5 Å². The average Bonchev–Trinajstić information content (AvgIpc) is 0.980. The van der Waals surface area contributed by atoms with Crippen molar-refractivity contribution in [3.05, 3.63) is 109 Å². The summed E-state index contributed by atoms with van der Waals surface area (Å²) in [5, 5.41) is 20.6. The van der Waals surface area contributed by atoms with E-state index in [0.717, 1.165) is 141 Å². The molecular formula is C83H146O16P2. The van der Waals surface area contributed by atoms with E-state index >= 15 is 0 Å². The third-order valence-electron chi connectivity index (χ3n) is 17.0. The van der Waals surface area contributed by atoms with Gasteiger partial charge in [0.05, 0.1) is 26.4 Å². The Hall–Kier alpha value is -3.79.